The molecule has 0 saturated heterocycles. The number of aromatic hydroxyl groups is 2. The summed E-state index contributed by atoms with van der Waals surface area (Å²) in [5, 5.41) is 18.0. The minimum Gasteiger partial charge on any atom is -0.508 e. The predicted molar refractivity (Wildman–Crippen MR) is 47.7 cm³/mol. The topological polar surface area (TPSA) is 66.5 Å². The molecule has 96 valence electrons. The van der Waals surface area contributed by atoms with Crippen molar-refractivity contribution in [3.05, 3.63) is 23.8 Å². The van der Waals surface area contributed by atoms with E-state index in [1.165, 1.54) is 0 Å². The Labute approximate surface area is 92.3 Å². The van der Waals surface area contributed by atoms with Gasteiger partial charge < -0.3 is 15.9 Å². The fraction of sp³-hybridized carbons (Fsp3) is 0.333. The third-order valence-corrected chi connectivity index (χ3v) is 2.12. The number of phenols is 2. The zero-order chi connectivity index (χ0) is 13.4. The van der Waals surface area contributed by atoms with E-state index in [1.54, 1.807) is 0 Å². The molecular weight excluding hydrogens is 249 g/mol. The van der Waals surface area contributed by atoms with E-state index in [4.69, 9.17) is 15.9 Å². The average Bonchev–Trinajstić information content (AvgIpc) is 2.14. The molecule has 1 atom stereocenters. The van der Waals surface area contributed by atoms with Crippen molar-refractivity contribution in [3.8, 4) is 11.5 Å². The summed E-state index contributed by atoms with van der Waals surface area (Å²) in [7, 11) is 0. The third-order valence-electron chi connectivity index (χ3n) is 2.12. The van der Waals surface area contributed by atoms with Crippen molar-refractivity contribution >= 4 is 0 Å². The largest absolute Gasteiger partial charge is 0.508 e. The van der Waals surface area contributed by atoms with Crippen LogP contribution in [0.5, 0.6) is 11.5 Å². The van der Waals surface area contributed by atoms with Crippen LogP contribution in [0.2, 0.25) is 0 Å². The van der Waals surface area contributed by atoms with E-state index in [0.717, 1.165) is 6.07 Å². The molecule has 1 aromatic rings. The molecule has 1 aromatic carbocycles. The number of hydrogen-bond donors (Lipinski definition) is 3. The standard InChI is InChI=1S/C9H8F5NO2/c10-8(11,9(12,13)14)7(15)5-2-1-4(16)3-6(5)17/h1-3,7,16-17H,15H2/t7-/m1/s1. The van der Waals surface area contributed by atoms with Crippen LogP contribution in [0.3, 0.4) is 0 Å². The van der Waals surface area contributed by atoms with Gasteiger partial charge in [0.2, 0.25) is 0 Å². The highest BCUT2D eigenvalue weighted by Crippen LogP contribution is 2.45. The number of nitrogens with two attached hydrogens (primary N) is 1. The molecule has 0 fully saturated rings. The SMILES string of the molecule is N[C@H](c1ccc(O)cc1O)C(F)(F)C(F)(F)F. The van der Waals surface area contributed by atoms with Gasteiger partial charge in [-0.05, 0) is 12.1 Å². The lowest BCUT2D eigenvalue weighted by Crippen LogP contribution is -2.45. The number of benzene rings is 1. The van der Waals surface area contributed by atoms with Gasteiger partial charge in [-0.2, -0.15) is 22.0 Å². The van der Waals surface area contributed by atoms with E-state index < -0.39 is 35.2 Å². The Balaban J connectivity index is 3.17. The Morgan fingerprint density at radius 3 is 2.00 bits per heavy atom. The van der Waals surface area contributed by atoms with Crippen LogP contribution in [0.4, 0.5) is 22.0 Å². The van der Waals surface area contributed by atoms with Gasteiger partial charge in [-0.1, -0.05) is 0 Å². The Morgan fingerprint density at radius 2 is 1.59 bits per heavy atom. The van der Waals surface area contributed by atoms with E-state index in [-0.39, 0.29) is 0 Å². The molecule has 0 spiro atoms. The zero-order valence-corrected chi connectivity index (χ0v) is 8.17. The number of halogens is 5. The van der Waals surface area contributed by atoms with Crippen LogP contribution in [-0.2, 0) is 0 Å². The number of rotatable bonds is 2. The van der Waals surface area contributed by atoms with E-state index in [2.05, 4.69) is 0 Å². The molecule has 3 nitrogen and oxygen atoms in total. The minimum absolute atomic E-state index is 0.478. The predicted octanol–water partition coefficient (Wildman–Crippen LogP) is 2.30. The van der Waals surface area contributed by atoms with Gasteiger partial charge in [0.15, 0.2) is 0 Å². The Hall–Kier alpha value is -1.57. The van der Waals surface area contributed by atoms with Crippen molar-refractivity contribution in [1.82, 2.24) is 0 Å². The highest BCUT2D eigenvalue weighted by molar-refractivity contribution is 5.41. The summed E-state index contributed by atoms with van der Waals surface area (Å²) >= 11 is 0. The minimum atomic E-state index is -5.82. The van der Waals surface area contributed by atoms with Crippen molar-refractivity contribution in [1.29, 1.82) is 0 Å². The van der Waals surface area contributed by atoms with Crippen molar-refractivity contribution in [3.63, 3.8) is 0 Å². The Bertz CT molecular complexity index is 418. The molecule has 0 amide bonds. The first-order valence-electron chi connectivity index (χ1n) is 4.29. The van der Waals surface area contributed by atoms with Crippen molar-refractivity contribution in [2.24, 2.45) is 5.73 Å². The van der Waals surface area contributed by atoms with Gasteiger partial charge in [-0.15, -0.1) is 0 Å². The highest BCUT2D eigenvalue weighted by atomic mass is 19.4. The first kappa shape index (κ1) is 13.5. The smallest absolute Gasteiger partial charge is 0.455 e. The molecule has 0 saturated carbocycles. The van der Waals surface area contributed by atoms with Crippen LogP contribution in [0.25, 0.3) is 0 Å². The Morgan fingerprint density at radius 1 is 1.06 bits per heavy atom. The molecular formula is C9H8F5NO2. The fourth-order valence-corrected chi connectivity index (χ4v) is 1.17. The number of hydrogen-bond acceptors (Lipinski definition) is 3. The second kappa shape index (κ2) is 4.02. The van der Waals surface area contributed by atoms with Crippen LogP contribution in [0.15, 0.2) is 18.2 Å². The molecule has 4 N–H and O–H groups in total. The molecule has 0 aromatic heterocycles. The summed E-state index contributed by atoms with van der Waals surface area (Å²) in [6, 6.07) is -0.569. The lowest BCUT2D eigenvalue weighted by molar-refractivity contribution is -0.291. The zero-order valence-electron chi connectivity index (χ0n) is 8.17. The van der Waals surface area contributed by atoms with Gasteiger partial charge in [0.1, 0.15) is 17.5 Å². The summed E-state index contributed by atoms with van der Waals surface area (Å²) in [6.07, 6.45) is -5.82. The molecule has 0 heterocycles. The second-order valence-corrected chi connectivity index (χ2v) is 3.34. The van der Waals surface area contributed by atoms with Gasteiger partial charge in [0.25, 0.3) is 0 Å². The Kier molecular flexibility index (Phi) is 3.19. The molecule has 0 unspecified atom stereocenters. The van der Waals surface area contributed by atoms with Crippen LogP contribution in [0.1, 0.15) is 11.6 Å². The summed E-state index contributed by atoms with van der Waals surface area (Å²) in [6.45, 7) is 0. The van der Waals surface area contributed by atoms with Gasteiger partial charge in [-0.3, -0.25) is 0 Å². The molecule has 8 heteroatoms. The number of phenolic OH excluding ortho intramolecular Hbond substituents is 2. The normalized spacial score (nSPS) is 14.7. The lowest BCUT2D eigenvalue weighted by atomic mass is 10.00. The van der Waals surface area contributed by atoms with E-state index in [9.17, 15) is 22.0 Å². The average molecular weight is 257 g/mol. The van der Waals surface area contributed by atoms with Crippen LogP contribution >= 0.6 is 0 Å². The highest BCUT2D eigenvalue weighted by Gasteiger charge is 2.62. The van der Waals surface area contributed by atoms with Crippen molar-refractivity contribution < 1.29 is 32.2 Å². The molecule has 0 bridgehead atoms. The van der Waals surface area contributed by atoms with Gasteiger partial charge in [0, 0.05) is 11.6 Å². The maximum absolute atomic E-state index is 12.9. The molecule has 0 radical (unpaired) electrons. The summed E-state index contributed by atoms with van der Waals surface area (Å²) < 4.78 is 61.8. The molecule has 1 rings (SSSR count). The van der Waals surface area contributed by atoms with Gasteiger partial charge >= 0.3 is 12.1 Å². The van der Waals surface area contributed by atoms with Gasteiger partial charge in [0.05, 0.1) is 0 Å². The summed E-state index contributed by atoms with van der Waals surface area (Å²) in [5.41, 5.74) is 4.00. The van der Waals surface area contributed by atoms with Crippen molar-refractivity contribution in [2.75, 3.05) is 0 Å². The van der Waals surface area contributed by atoms with Gasteiger partial charge in [-0.25, -0.2) is 0 Å². The lowest BCUT2D eigenvalue weighted by Gasteiger charge is -2.26. The summed E-state index contributed by atoms with van der Waals surface area (Å²) in [5.74, 6) is -6.59. The van der Waals surface area contributed by atoms with Crippen LogP contribution < -0.4 is 5.73 Å². The quantitative estimate of drug-likeness (QED) is 0.712. The van der Waals surface area contributed by atoms with E-state index in [1.807, 2.05) is 0 Å². The van der Waals surface area contributed by atoms with Crippen molar-refractivity contribution in [2.45, 2.75) is 18.1 Å². The number of alkyl halides is 5. The molecule has 17 heavy (non-hydrogen) atoms. The fourth-order valence-electron chi connectivity index (χ4n) is 1.17. The second-order valence-electron chi connectivity index (χ2n) is 3.34. The van der Waals surface area contributed by atoms with E-state index in [0.29, 0.717) is 12.1 Å². The van der Waals surface area contributed by atoms with E-state index >= 15 is 0 Å². The van der Waals surface area contributed by atoms with Crippen LogP contribution in [-0.4, -0.2) is 22.3 Å². The monoisotopic (exact) mass is 257 g/mol. The maximum atomic E-state index is 12.9. The maximum Gasteiger partial charge on any atom is 0.455 e. The molecule has 0 aliphatic heterocycles. The molecule has 0 aliphatic rings. The first-order valence-corrected chi connectivity index (χ1v) is 4.29. The summed E-state index contributed by atoms with van der Waals surface area (Å²) in [4.78, 5) is 0. The molecule has 0 aliphatic carbocycles. The third kappa shape index (κ3) is 2.41. The first-order chi connectivity index (χ1) is 7.57. The van der Waals surface area contributed by atoms with Crippen LogP contribution in [0, 0.1) is 0 Å².